The summed E-state index contributed by atoms with van der Waals surface area (Å²) in [5, 5.41) is 0.328. The lowest BCUT2D eigenvalue weighted by Gasteiger charge is -2.45. The molecule has 30 heavy (non-hydrogen) atoms. The van der Waals surface area contributed by atoms with E-state index >= 15 is 0 Å². The van der Waals surface area contributed by atoms with E-state index in [1.54, 1.807) is 0 Å². The van der Waals surface area contributed by atoms with E-state index in [2.05, 4.69) is 144 Å². The van der Waals surface area contributed by atoms with Crippen molar-refractivity contribution >= 4 is 80.4 Å². The summed E-state index contributed by atoms with van der Waals surface area (Å²) in [6.45, 7) is 23.2. The summed E-state index contributed by atoms with van der Waals surface area (Å²) in [4.78, 5) is 0. The SMILES string of the molecule is CC(C)(C)[Si](C)(C)O[C@H](CCC=C(Br)Br)[C@@H](CCC=C(Br)Br)O[Si](C)(C)C(C)(C)C. The quantitative estimate of drug-likeness (QED) is 0.199. The highest BCUT2D eigenvalue weighted by Crippen LogP contribution is 2.41. The van der Waals surface area contributed by atoms with Crippen LogP contribution in [0.15, 0.2) is 18.9 Å². The van der Waals surface area contributed by atoms with Gasteiger partial charge < -0.3 is 8.85 Å². The van der Waals surface area contributed by atoms with Gasteiger partial charge in [-0.2, -0.15) is 0 Å². The van der Waals surface area contributed by atoms with Crippen molar-refractivity contribution in [2.24, 2.45) is 0 Å². The van der Waals surface area contributed by atoms with Crippen LogP contribution in [0.1, 0.15) is 67.2 Å². The molecule has 2 nitrogen and oxygen atoms in total. The van der Waals surface area contributed by atoms with Crippen molar-refractivity contribution in [2.45, 2.75) is 116 Å². The van der Waals surface area contributed by atoms with Gasteiger partial charge in [-0.15, -0.1) is 0 Å². The Hall–Kier alpha value is 1.75. The molecule has 0 aliphatic rings. The Morgan fingerprint density at radius 3 is 1.13 bits per heavy atom. The maximum absolute atomic E-state index is 6.99. The molecule has 0 fully saturated rings. The van der Waals surface area contributed by atoms with Crippen LogP contribution in [0, 0.1) is 0 Å². The van der Waals surface area contributed by atoms with E-state index in [-0.39, 0.29) is 22.3 Å². The molecule has 0 aliphatic carbocycles. The number of allylic oxidation sites excluding steroid dienone is 2. The van der Waals surface area contributed by atoms with Crippen molar-refractivity contribution in [3.05, 3.63) is 18.9 Å². The van der Waals surface area contributed by atoms with Crippen LogP contribution in [0.2, 0.25) is 36.3 Å². The standard InChI is InChI=1S/C22H42Br4O2Si2/c1-21(2,3)29(7,8)27-17(13-11-15-19(23)24)18(14-12-16-20(25)26)28-30(9,10)22(4,5)6/h15-18H,11-14H2,1-10H3/t17-,18-/m1/s1. The zero-order valence-electron chi connectivity index (χ0n) is 20.5. The first-order chi connectivity index (χ1) is 13.3. The maximum Gasteiger partial charge on any atom is 0.192 e. The Kier molecular flexibility index (Phi) is 13.8. The van der Waals surface area contributed by atoms with Gasteiger partial charge in [-0.3, -0.25) is 0 Å². The van der Waals surface area contributed by atoms with Crippen LogP contribution >= 0.6 is 63.7 Å². The second-order valence-corrected chi connectivity index (χ2v) is 26.0. The van der Waals surface area contributed by atoms with E-state index in [1.807, 2.05) is 0 Å². The zero-order chi connectivity index (χ0) is 24.0. The Bertz CT molecular complexity index is 531. The fraction of sp³-hybridized carbons (Fsp3) is 0.818. The minimum absolute atomic E-state index is 0.0816. The van der Waals surface area contributed by atoms with Crippen molar-refractivity contribution in [3.8, 4) is 0 Å². The maximum atomic E-state index is 6.99. The van der Waals surface area contributed by atoms with Gasteiger partial charge >= 0.3 is 0 Å². The third-order valence-corrected chi connectivity index (χ3v) is 16.7. The molecule has 0 aliphatic heterocycles. The fourth-order valence-electron chi connectivity index (χ4n) is 2.47. The normalized spacial score (nSPS) is 15.5. The van der Waals surface area contributed by atoms with Gasteiger partial charge in [0.25, 0.3) is 0 Å². The second-order valence-electron chi connectivity index (χ2n) is 11.0. The molecule has 0 spiro atoms. The number of rotatable bonds is 11. The molecular formula is C22H42Br4O2Si2. The van der Waals surface area contributed by atoms with Gasteiger partial charge in [0.15, 0.2) is 16.6 Å². The van der Waals surface area contributed by atoms with E-state index in [0.29, 0.717) is 0 Å². The molecule has 2 atom stereocenters. The lowest BCUT2D eigenvalue weighted by molar-refractivity contribution is 0.0265. The summed E-state index contributed by atoms with van der Waals surface area (Å²) in [7, 11) is -3.87. The first kappa shape index (κ1) is 31.8. The first-order valence-electron chi connectivity index (χ1n) is 10.7. The highest BCUT2D eigenvalue weighted by Gasteiger charge is 2.44. The van der Waals surface area contributed by atoms with Gasteiger partial charge in [0.2, 0.25) is 0 Å². The second kappa shape index (κ2) is 13.0. The van der Waals surface area contributed by atoms with Crippen LogP contribution in [0.25, 0.3) is 0 Å². The fourth-order valence-corrected chi connectivity index (χ4v) is 6.14. The highest BCUT2D eigenvalue weighted by molar-refractivity contribution is 9.28. The summed E-state index contributed by atoms with van der Waals surface area (Å²) < 4.78 is 16.0. The Labute approximate surface area is 222 Å². The predicted molar refractivity (Wildman–Crippen MR) is 154 cm³/mol. The number of hydrogen-bond acceptors (Lipinski definition) is 2. The molecule has 0 N–H and O–H groups in total. The molecular weight excluding hydrogens is 672 g/mol. The average molecular weight is 714 g/mol. The van der Waals surface area contributed by atoms with Crippen molar-refractivity contribution in [3.63, 3.8) is 0 Å². The predicted octanol–water partition coefficient (Wildman–Crippen LogP) is 10.6. The Balaban J connectivity index is 5.94. The topological polar surface area (TPSA) is 18.5 Å². The van der Waals surface area contributed by atoms with Crippen molar-refractivity contribution in [1.29, 1.82) is 0 Å². The van der Waals surface area contributed by atoms with Gasteiger partial charge in [-0.1, -0.05) is 53.7 Å². The third-order valence-electron chi connectivity index (χ3n) is 6.42. The van der Waals surface area contributed by atoms with Gasteiger partial charge in [0.1, 0.15) is 0 Å². The van der Waals surface area contributed by atoms with Gasteiger partial charge in [0.05, 0.1) is 19.0 Å². The Morgan fingerprint density at radius 1 is 0.667 bits per heavy atom. The molecule has 8 heteroatoms. The van der Waals surface area contributed by atoms with Crippen LogP contribution in [0.4, 0.5) is 0 Å². The number of hydrogen-bond donors (Lipinski definition) is 0. The molecule has 0 saturated carbocycles. The number of halogens is 4. The highest BCUT2D eigenvalue weighted by atomic mass is 79.9. The van der Waals surface area contributed by atoms with Crippen LogP contribution in [0.5, 0.6) is 0 Å². The molecule has 0 heterocycles. The molecule has 0 aromatic heterocycles. The van der Waals surface area contributed by atoms with Gasteiger partial charge in [0, 0.05) is 0 Å². The Morgan fingerprint density at radius 2 is 0.933 bits per heavy atom. The largest absolute Gasteiger partial charge is 0.411 e. The molecule has 0 aromatic rings. The molecule has 0 amide bonds. The van der Waals surface area contributed by atoms with Gasteiger partial charge in [-0.05, 0) is 126 Å². The summed E-state index contributed by atoms with van der Waals surface area (Å²) >= 11 is 14.0. The molecule has 0 saturated heterocycles. The first-order valence-corrected chi connectivity index (χ1v) is 19.7. The smallest absolute Gasteiger partial charge is 0.192 e. The molecule has 0 bridgehead atoms. The van der Waals surface area contributed by atoms with Crippen LogP contribution < -0.4 is 0 Å². The van der Waals surface area contributed by atoms with Crippen molar-refractivity contribution in [2.75, 3.05) is 0 Å². The molecule has 0 radical (unpaired) electrons. The van der Waals surface area contributed by atoms with Crippen molar-refractivity contribution in [1.82, 2.24) is 0 Å². The zero-order valence-corrected chi connectivity index (χ0v) is 28.8. The molecule has 0 rings (SSSR count). The van der Waals surface area contributed by atoms with Crippen LogP contribution in [-0.4, -0.2) is 28.8 Å². The minimum atomic E-state index is -1.93. The monoisotopic (exact) mass is 710 g/mol. The lowest BCUT2D eigenvalue weighted by atomic mass is 10.0. The molecule has 0 unspecified atom stereocenters. The van der Waals surface area contributed by atoms with Gasteiger partial charge in [-0.25, -0.2) is 0 Å². The van der Waals surface area contributed by atoms with Crippen LogP contribution in [0.3, 0.4) is 0 Å². The molecule has 0 aromatic carbocycles. The average Bonchev–Trinajstić information content (AvgIpc) is 2.49. The van der Waals surface area contributed by atoms with E-state index < -0.39 is 16.6 Å². The van der Waals surface area contributed by atoms with E-state index in [4.69, 9.17) is 8.85 Å². The molecule has 178 valence electrons. The van der Waals surface area contributed by atoms with E-state index in [0.717, 1.165) is 32.5 Å². The summed E-state index contributed by atoms with van der Waals surface area (Å²) in [6, 6.07) is 0. The van der Waals surface area contributed by atoms with Crippen LogP contribution in [-0.2, 0) is 8.85 Å². The van der Waals surface area contributed by atoms with E-state index in [1.165, 1.54) is 0 Å². The summed E-state index contributed by atoms with van der Waals surface area (Å²) in [6.07, 6.45) is 8.29. The minimum Gasteiger partial charge on any atom is -0.411 e. The van der Waals surface area contributed by atoms with E-state index in [9.17, 15) is 0 Å². The lowest BCUT2D eigenvalue weighted by Crippen LogP contribution is -2.51. The summed E-state index contributed by atoms with van der Waals surface area (Å²) in [5.74, 6) is 0. The summed E-state index contributed by atoms with van der Waals surface area (Å²) in [5.41, 5.74) is 0. The third kappa shape index (κ3) is 11.8. The van der Waals surface area contributed by atoms with Crippen molar-refractivity contribution < 1.29 is 8.85 Å².